The first kappa shape index (κ1) is 17.6. The number of carbonyl (C=O) groups excluding carboxylic acids is 1. The van der Waals surface area contributed by atoms with Gasteiger partial charge in [-0.1, -0.05) is 19.9 Å². The van der Waals surface area contributed by atoms with E-state index in [0.29, 0.717) is 5.56 Å². The highest BCUT2D eigenvalue weighted by atomic mass is 16.6. The van der Waals surface area contributed by atoms with Crippen LogP contribution in [0.15, 0.2) is 18.2 Å². The number of nitro groups is 1. The summed E-state index contributed by atoms with van der Waals surface area (Å²) in [7, 11) is 0. The van der Waals surface area contributed by atoms with E-state index in [4.69, 9.17) is 4.74 Å². The molecule has 22 heavy (non-hydrogen) atoms. The molecule has 6 nitrogen and oxygen atoms in total. The van der Waals surface area contributed by atoms with Crippen molar-refractivity contribution < 1.29 is 14.5 Å². The molecule has 0 heterocycles. The van der Waals surface area contributed by atoms with Gasteiger partial charge in [0.05, 0.1) is 29.4 Å². The first-order valence-electron chi connectivity index (χ1n) is 7.02. The van der Waals surface area contributed by atoms with E-state index in [1.165, 1.54) is 12.1 Å². The number of carbonyl (C=O) groups is 1. The normalized spacial score (nSPS) is 13.3. The smallest absolute Gasteiger partial charge is 0.307 e. The average Bonchev–Trinajstić information content (AvgIpc) is 2.45. The predicted octanol–water partition coefficient (Wildman–Crippen LogP) is 3.27. The molecule has 0 N–H and O–H groups in total. The Labute approximate surface area is 129 Å². The van der Waals surface area contributed by atoms with Crippen LogP contribution in [-0.2, 0) is 14.9 Å². The Morgan fingerprint density at radius 1 is 1.50 bits per heavy atom. The number of non-ortho nitro benzene ring substituents is 1. The number of ether oxygens (including phenoxy) is 1. The number of hydrogen-bond donors (Lipinski definition) is 0. The van der Waals surface area contributed by atoms with Crippen molar-refractivity contribution in [2.24, 2.45) is 5.92 Å². The molecule has 6 heteroatoms. The Balaban J connectivity index is 3.08. The van der Waals surface area contributed by atoms with Crippen molar-refractivity contribution in [1.82, 2.24) is 0 Å². The second-order valence-electron chi connectivity index (χ2n) is 5.95. The van der Waals surface area contributed by atoms with Crippen molar-refractivity contribution in [1.29, 1.82) is 5.26 Å². The van der Waals surface area contributed by atoms with Gasteiger partial charge in [0.1, 0.15) is 0 Å². The van der Waals surface area contributed by atoms with E-state index in [9.17, 15) is 20.2 Å². The standard InChI is InChI=1S/C16H20N2O4/c1-11(2)9-22-15(19)8-16(4,10-17)14-7-13(18(20)21)6-5-12(14)3/h5-7,11H,8-9H2,1-4H3. The Hall–Kier alpha value is -2.42. The number of hydrogen-bond acceptors (Lipinski definition) is 5. The van der Waals surface area contributed by atoms with E-state index in [1.807, 2.05) is 13.8 Å². The van der Waals surface area contributed by atoms with Gasteiger partial charge in [0.2, 0.25) is 0 Å². The Kier molecular flexibility index (Phi) is 5.63. The van der Waals surface area contributed by atoms with Crippen LogP contribution in [0, 0.1) is 34.3 Å². The van der Waals surface area contributed by atoms with Crippen molar-refractivity contribution in [3.63, 3.8) is 0 Å². The van der Waals surface area contributed by atoms with Crippen LogP contribution in [0.5, 0.6) is 0 Å². The maximum atomic E-state index is 11.9. The molecular formula is C16H20N2O4. The van der Waals surface area contributed by atoms with Gasteiger partial charge in [0.15, 0.2) is 0 Å². The summed E-state index contributed by atoms with van der Waals surface area (Å²) < 4.78 is 5.12. The van der Waals surface area contributed by atoms with Crippen molar-refractivity contribution in [3.8, 4) is 6.07 Å². The molecule has 1 aromatic carbocycles. The first-order chi connectivity index (χ1) is 10.2. The van der Waals surface area contributed by atoms with Crippen molar-refractivity contribution in [2.75, 3.05) is 6.61 Å². The summed E-state index contributed by atoms with van der Waals surface area (Å²) in [4.78, 5) is 22.3. The van der Waals surface area contributed by atoms with Gasteiger partial charge in [-0.15, -0.1) is 0 Å². The lowest BCUT2D eigenvalue weighted by Crippen LogP contribution is -2.27. The summed E-state index contributed by atoms with van der Waals surface area (Å²) in [6.45, 7) is 7.47. The molecule has 0 aromatic heterocycles. The fourth-order valence-corrected chi connectivity index (χ4v) is 2.11. The van der Waals surface area contributed by atoms with Gasteiger partial charge in [-0.25, -0.2) is 0 Å². The highest BCUT2D eigenvalue weighted by Crippen LogP contribution is 2.32. The molecule has 0 saturated heterocycles. The second-order valence-corrected chi connectivity index (χ2v) is 5.95. The van der Waals surface area contributed by atoms with Crippen molar-refractivity contribution >= 4 is 11.7 Å². The number of nitriles is 1. The SMILES string of the molecule is Cc1ccc([N+](=O)[O-])cc1C(C)(C#N)CC(=O)OCC(C)C. The Bertz CT molecular complexity index is 619. The van der Waals surface area contributed by atoms with Gasteiger partial charge < -0.3 is 4.74 Å². The molecule has 0 aliphatic carbocycles. The summed E-state index contributed by atoms with van der Waals surface area (Å²) in [5.74, 6) is -0.277. The topological polar surface area (TPSA) is 93.2 Å². The van der Waals surface area contributed by atoms with Crippen molar-refractivity contribution in [3.05, 3.63) is 39.4 Å². The first-order valence-corrected chi connectivity index (χ1v) is 7.02. The van der Waals surface area contributed by atoms with Gasteiger partial charge in [0.25, 0.3) is 5.69 Å². The van der Waals surface area contributed by atoms with Gasteiger partial charge in [-0.05, 0) is 30.9 Å². The van der Waals surface area contributed by atoms with E-state index in [-0.39, 0.29) is 24.6 Å². The van der Waals surface area contributed by atoms with Gasteiger partial charge in [0, 0.05) is 12.1 Å². The number of esters is 1. The van der Waals surface area contributed by atoms with Crippen LogP contribution in [0.1, 0.15) is 38.3 Å². The lowest BCUT2D eigenvalue weighted by molar-refractivity contribution is -0.385. The van der Waals surface area contributed by atoms with E-state index in [1.54, 1.807) is 19.9 Å². The highest BCUT2D eigenvalue weighted by molar-refractivity contribution is 5.72. The van der Waals surface area contributed by atoms with Crippen LogP contribution in [-0.4, -0.2) is 17.5 Å². The molecule has 1 atom stereocenters. The average molecular weight is 304 g/mol. The molecule has 0 bridgehead atoms. The molecule has 0 aliphatic heterocycles. The summed E-state index contributed by atoms with van der Waals surface area (Å²) >= 11 is 0. The zero-order valence-electron chi connectivity index (χ0n) is 13.3. The maximum absolute atomic E-state index is 11.9. The molecule has 1 aromatic rings. The second kappa shape index (κ2) is 7.03. The maximum Gasteiger partial charge on any atom is 0.307 e. The molecule has 0 fully saturated rings. The molecule has 0 spiro atoms. The molecule has 1 rings (SSSR count). The largest absolute Gasteiger partial charge is 0.465 e. The van der Waals surface area contributed by atoms with E-state index in [2.05, 4.69) is 6.07 Å². The fourth-order valence-electron chi connectivity index (χ4n) is 2.11. The third kappa shape index (κ3) is 4.29. The monoisotopic (exact) mass is 304 g/mol. The van der Waals surface area contributed by atoms with Crippen LogP contribution in [0.2, 0.25) is 0 Å². The van der Waals surface area contributed by atoms with E-state index < -0.39 is 16.3 Å². The Morgan fingerprint density at radius 3 is 2.64 bits per heavy atom. The quantitative estimate of drug-likeness (QED) is 0.457. The third-order valence-corrected chi connectivity index (χ3v) is 3.35. The third-order valence-electron chi connectivity index (χ3n) is 3.35. The minimum atomic E-state index is -1.16. The summed E-state index contributed by atoms with van der Waals surface area (Å²) in [5, 5.41) is 20.4. The molecule has 0 aliphatic rings. The van der Waals surface area contributed by atoms with Gasteiger partial charge in [-0.3, -0.25) is 14.9 Å². The number of nitro benzene ring substituents is 1. The number of nitrogens with zero attached hydrogens (tertiary/aromatic N) is 2. The zero-order chi connectivity index (χ0) is 16.9. The highest BCUT2D eigenvalue weighted by Gasteiger charge is 2.33. The minimum absolute atomic E-state index is 0.0994. The minimum Gasteiger partial charge on any atom is -0.465 e. The Morgan fingerprint density at radius 2 is 2.14 bits per heavy atom. The summed E-state index contributed by atoms with van der Waals surface area (Å²) in [6.07, 6.45) is -0.141. The molecule has 118 valence electrons. The number of aryl methyl sites for hydroxylation is 1. The molecule has 0 amide bonds. The lowest BCUT2D eigenvalue weighted by atomic mass is 9.78. The summed E-state index contributed by atoms with van der Waals surface area (Å²) in [5.41, 5.74) is -0.0564. The molecular weight excluding hydrogens is 284 g/mol. The van der Waals surface area contributed by atoms with Gasteiger partial charge in [-0.2, -0.15) is 5.26 Å². The van der Waals surface area contributed by atoms with Crippen LogP contribution in [0.3, 0.4) is 0 Å². The zero-order valence-corrected chi connectivity index (χ0v) is 13.3. The van der Waals surface area contributed by atoms with Gasteiger partial charge >= 0.3 is 5.97 Å². The molecule has 1 unspecified atom stereocenters. The van der Waals surface area contributed by atoms with Crippen LogP contribution >= 0.6 is 0 Å². The van der Waals surface area contributed by atoms with E-state index >= 15 is 0 Å². The van der Waals surface area contributed by atoms with Crippen molar-refractivity contribution in [2.45, 2.75) is 39.5 Å². The summed E-state index contributed by atoms with van der Waals surface area (Å²) in [6, 6.07) is 6.42. The van der Waals surface area contributed by atoms with Crippen LogP contribution in [0.25, 0.3) is 0 Å². The lowest BCUT2D eigenvalue weighted by Gasteiger charge is -2.23. The van der Waals surface area contributed by atoms with Crippen LogP contribution < -0.4 is 0 Å². The number of benzene rings is 1. The fraction of sp³-hybridized carbons (Fsp3) is 0.500. The van der Waals surface area contributed by atoms with E-state index in [0.717, 1.165) is 5.56 Å². The predicted molar refractivity (Wildman–Crippen MR) is 81.2 cm³/mol. The number of rotatable bonds is 6. The molecule has 0 saturated carbocycles. The van der Waals surface area contributed by atoms with Crippen LogP contribution in [0.4, 0.5) is 5.69 Å². The molecule has 0 radical (unpaired) electrons.